The molecule has 0 fully saturated rings. The lowest BCUT2D eigenvalue weighted by atomic mass is 10.3. The molecule has 9 heavy (non-hydrogen) atoms. The van der Waals surface area contributed by atoms with Crippen LogP contribution in [-0.4, -0.2) is 5.11 Å². The van der Waals surface area contributed by atoms with E-state index in [1.807, 2.05) is 0 Å². The van der Waals surface area contributed by atoms with Gasteiger partial charge in [-0.3, -0.25) is 0 Å². The number of nitroso groups, excluding NO2 is 1. The van der Waals surface area contributed by atoms with Crippen molar-refractivity contribution in [3.05, 3.63) is 29.2 Å². The number of hydrogen-bond donors (Lipinski definition) is 2. The maximum absolute atomic E-state index is 9.92. The van der Waals surface area contributed by atoms with Crippen molar-refractivity contribution < 1.29 is 10.3 Å². The summed E-state index contributed by atoms with van der Waals surface area (Å²) in [5.41, 5.74) is 0.370. The average molecular weight is 124 g/mol. The smallest absolute Gasteiger partial charge is 0.257 e. The van der Waals surface area contributed by atoms with Gasteiger partial charge in [-0.05, 0) is 6.07 Å². The minimum Gasteiger partial charge on any atom is -0.508 e. The summed E-state index contributed by atoms with van der Waals surface area (Å²) in [6.45, 7) is 0. The first-order valence-electron chi connectivity index (χ1n) is 2.50. The fourth-order valence-corrected chi connectivity index (χ4v) is 0.569. The molecule has 0 bridgehead atoms. The largest absolute Gasteiger partial charge is 0.508 e. The number of aromatic hydroxyl groups is 1. The Morgan fingerprint density at radius 3 is 2.67 bits per heavy atom. The van der Waals surface area contributed by atoms with Gasteiger partial charge in [-0.1, -0.05) is 6.07 Å². The van der Waals surface area contributed by atoms with Crippen LogP contribution in [0.2, 0.25) is 0 Å². The van der Waals surface area contributed by atoms with Gasteiger partial charge in [0.15, 0.2) is 0 Å². The molecular formula is C6H6NO2+. The SMILES string of the molecule is O=[NH+]c1cccc(O)c1. The van der Waals surface area contributed by atoms with Crippen molar-refractivity contribution in [1.82, 2.24) is 0 Å². The van der Waals surface area contributed by atoms with Crippen molar-refractivity contribution in [2.75, 3.05) is 0 Å². The van der Waals surface area contributed by atoms with Gasteiger partial charge in [0.25, 0.3) is 5.69 Å². The van der Waals surface area contributed by atoms with Crippen LogP contribution in [0.5, 0.6) is 5.75 Å². The third-order valence-corrected chi connectivity index (χ3v) is 0.964. The molecule has 0 unspecified atom stereocenters. The Labute approximate surface area is 51.9 Å². The molecule has 0 aromatic heterocycles. The van der Waals surface area contributed by atoms with Crippen LogP contribution in [0.3, 0.4) is 0 Å². The Kier molecular flexibility index (Phi) is 1.44. The van der Waals surface area contributed by atoms with E-state index in [0.717, 1.165) is 0 Å². The van der Waals surface area contributed by atoms with E-state index in [-0.39, 0.29) is 5.75 Å². The average Bonchev–Trinajstić information content (AvgIpc) is 1.88. The van der Waals surface area contributed by atoms with Crippen molar-refractivity contribution in [2.24, 2.45) is 0 Å². The summed E-state index contributed by atoms with van der Waals surface area (Å²) in [5.74, 6) is 0.0934. The maximum Gasteiger partial charge on any atom is 0.257 e. The molecule has 0 radical (unpaired) electrons. The Morgan fingerprint density at radius 2 is 2.22 bits per heavy atom. The number of rotatable bonds is 1. The third kappa shape index (κ3) is 1.25. The van der Waals surface area contributed by atoms with E-state index in [1.54, 1.807) is 17.3 Å². The Hall–Kier alpha value is -1.38. The van der Waals surface area contributed by atoms with E-state index in [0.29, 0.717) is 5.69 Å². The third-order valence-electron chi connectivity index (χ3n) is 0.964. The number of benzene rings is 1. The summed E-state index contributed by atoms with van der Waals surface area (Å²) in [6.07, 6.45) is 0. The molecule has 1 aromatic carbocycles. The van der Waals surface area contributed by atoms with Crippen LogP contribution in [0.4, 0.5) is 5.69 Å². The first-order valence-corrected chi connectivity index (χ1v) is 2.50. The van der Waals surface area contributed by atoms with Crippen molar-refractivity contribution in [3.63, 3.8) is 0 Å². The first-order chi connectivity index (χ1) is 4.33. The number of nitrogens with one attached hydrogen (secondary N) is 1. The first kappa shape index (κ1) is 5.75. The van der Waals surface area contributed by atoms with E-state index < -0.39 is 0 Å². The second-order valence-electron chi connectivity index (χ2n) is 1.65. The van der Waals surface area contributed by atoms with Crippen LogP contribution in [0.25, 0.3) is 0 Å². The lowest BCUT2D eigenvalue weighted by Gasteiger charge is -1.84. The minimum atomic E-state index is 0.0934. The van der Waals surface area contributed by atoms with E-state index >= 15 is 0 Å². The van der Waals surface area contributed by atoms with Gasteiger partial charge in [-0.25, -0.2) is 0 Å². The van der Waals surface area contributed by atoms with Gasteiger partial charge in [0, 0.05) is 16.2 Å². The maximum atomic E-state index is 9.92. The number of phenols is 1. The highest BCUT2D eigenvalue weighted by atomic mass is 16.3. The molecule has 0 atom stereocenters. The number of hydrogen-bond acceptors (Lipinski definition) is 2. The van der Waals surface area contributed by atoms with Gasteiger partial charge in [-0.2, -0.15) is 0 Å². The van der Waals surface area contributed by atoms with E-state index in [4.69, 9.17) is 5.11 Å². The normalized spacial score (nSPS) is 8.89. The van der Waals surface area contributed by atoms with Crippen LogP contribution in [0.15, 0.2) is 24.3 Å². The van der Waals surface area contributed by atoms with E-state index in [1.165, 1.54) is 12.1 Å². The highest BCUT2D eigenvalue weighted by molar-refractivity contribution is 5.35. The molecule has 0 aliphatic rings. The summed E-state index contributed by atoms with van der Waals surface area (Å²) >= 11 is 0. The predicted octanol–water partition coefficient (Wildman–Crippen LogP) is -0.129. The van der Waals surface area contributed by atoms with Gasteiger partial charge in [-0.15, -0.1) is 0 Å². The fraction of sp³-hybridized carbons (Fsp3) is 0. The molecule has 0 saturated carbocycles. The molecule has 1 rings (SSSR count). The van der Waals surface area contributed by atoms with E-state index in [9.17, 15) is 4.91 Å². The predicted molar refractivity (Wildman–Crippen MR) is 32.1 cm³/mol. The molecule has 0 saturated heterocycles. The summed E-state index contributed by atoms with van der Waals surface area (Å²) in [4.78, 5) is 9.92. The lowest BCUT2D eigenvalue weighted by Crippen LogP contribution is -2.55. The molecule has 0 heterocycles. The highest BCUT2D eigenvalue weighted by Crippen LogP contribution is 2.09. The summed E-state index contributed by atoms with van der Waals surface area (Å²) in [7, 11) is 0. The molecule has 1 aromatic rings. The number of phenolic OH excluding ortho intramolecular Hbond substituents is 1. The van der Waals surface area contributed by atoms with Crippen LogP contribution >= 0.6 is 0 Å². The monoisotopic (exact) mass is 124 g/mol. The molecule has 0 aliphatic carbocycles. The van der Waals surface area contributed by atoms with E-state index in [2.05, 4.69) is 0 Å². The molecule has 2 N–H and O–H groups in total. The Morgan fingerprint density at radius 1 is 1.44 bits per heavy atom. The minimum absolute atomic E-state index is 0.0934. The van der Waals surface area contributed by atoms with Gasteiger partial charge in [0.1, 0.15) is 5.75 Å². The summed E-state index contributed by atoms with van der Waals surface area (Å²) in [5, 5.41) is 10.4. The fourth-order valence-electron chi connectivity index (χ4n) is 0.569. The molecule has 0 aliphatic heterocycles. The second kappa shape index (κ2) is 2.26. The summed E-state index contributed by atoms with van der Waals surface area (Å²) < 4.78 is 0. The van der Waals surface area contributed by atoms with Crippen LogP contribution in [-0.2, 0) is 0 Å². The van der Waals surface area contributed by atoms with Gasteiger partial charge in [0.2, 0.25) is 0 Å². The van der Waals surface area contributed by atoms with Crippen LogP contribution in [0.1, 0.15) is 0 Å². The lowest BCUT2D eigenvalue weighted by molar-refractivity contribution is -0.379. The van der Waals surface area contributed by atoms with Crippen LogP contribution in [0, 0.1) is 4.91 Å². The van der Waals surface area contributed by atoms with Gasteiger partial charge >= 0.3 is 0 Å². The molecular weight excluding hydrogens is 118 g/mol. The zero-order valence-electron chi connectivity index (χ0n) is 4.66. The Bertz CT molecular complexity index is 222. The molecule has 0 amide bonds. The zero-order valence-corrected chi connectivity index (χ0v) is 4.66. The van der Waals surface area contributed by atoms with Crippen molar-refractivity contribution in [2.45, 2.75) is 0 Å². The molecule has 3 heteroatoms. The second-order valence-corrected chi connectivity index (χ2v) is 1.65. The molecule has 46 valence electrons. The topological polar surface area (TPSA) is 51.3 Å². The quantitative estimate of drug-likeness (QED) is 0.548. The summed E-state index contributed by atoms with van der Waals surface area (Å²) in [6, 6.07) is 6.02. The molecule has 3 nitrogen and oxygen atoms in total. The van der Waals surface area contributed by atoms with Crippen molar-refractivity contribution in [3.8, 4) is 5.75 Å². The van der Waals surface area contributed by atoms with Gasteiger partial charge < -0.3 is 5.11 Å². The molecule has 0 spiro atoms. The highest BCUT2D eigenvalue weighted by Gasteiger charge is 1.95. The standard InChI is InChI=1S/C6H5NO2/c8-6-3-1-2-5(4-6)7-9/h1-4,8H/p+1. The van der Waals surface area contributed by atoms with Gasteiger partial charge in [0.05, 0.1) is 6.07 Å². The zero-order chi connectivity index (χ0) is 6.69. The van der Waals surface area contributed by atoms with Crippen molar-refractivity contribution in [1.29, 1.82) is 0 Å². The Balaban J connectivity index is 3.07. The van der Waals surface area contributed by atoms with Crippen LogP contribution < -0.4 is 5.18 Å². The van der Waals surface area contributed by atoms with Crippen molar-refractivity contribution >= 4 is 5.69 Å².